The van der Waals surface area contributed by atoms with Gasteiger partial charge in [-0.05, 0) is 17.7 Å². The molecule has 0 radical (unpaired) electrons. The molecule has 6 heteroatoms. The molecule has 1 aromatic carbocycles. The summed E-state index contributed by atoms with van der Waals surface area (Å²) in [6.45, 7) is 0. The Labute approximate surface area is 119 Å². The number of anilines is 1. The van der Waals surface area contributed by atoms with E-state index in [1.165, 1.54) is 17.8 Å². The molecule has 0 spiro atoms. The Bertz CT molecular complexity index is 810. The summed E-state index contributed by atoms with van der Waals surface area (Å²) in [5.41, 5.74) is 7.43. The molecule has 0 fully saturated rings. The van der Waals surface area contributed by atoms with E-state index < -0.39 is 0 Å². The topological polar surface area (TPSA) is 84.7 Å². The minimum absolute atomic E-state index is 0.232. The number of aromatic nitrogens is 3. The molecule has 20 heavy (non-hydrogen) atoms. The first kappa shape index (κ1) is 12.7. The molecular formula is C14H12N4OS. The molecule has 3 N–H and O–H groups in total. The van der Waals surface area contributed by atoms with Crippen molar-refractivity contribution in [2.75, 3.05) is 5.73 Å². The smallest absolute Gasteiger partial charge is 0.253 e. The summed E-state index contributed by atoms with van der Waals surface area (Å²) in [6.07, 6.45) is 1.79. The highest BCUT2D eigenvalue weighted by Gasteiger charge is 2.04. The minimum atomic E-state index is -0.236. The van der Waals surface area contributed by atoms with Crippen molar-refractivity contribution in [3.05, 3.63) is 58.5 Å². The van der Waals surface area contributed by atoms with Crippen LogP contribution in [0.4, 0.5) is 5.82 Å². The van der Waals surface area contributed by atoms with Crippen LogP contribution in [0, 0.1) is 0 Å². The van der Waals surface area contributed by atoms with E-state index in [4.69, 9.17) is 5.73 Å². The Morgan fingerprint density at radius 3 is 2.95 bits per heavy atom. The molecule has 0 amide bonds. The number of rotatable bonds is 3. The fourth-order valence-electron chi connectivity index (χ4n) is 1.95. The lowest BCUT2D eigenvalue weighted by atomic mass is 10.1. The number of nitrogens with one attached hydrogen (secondary N) is 1. The maximum atomic E-state index is 11.3. The van der Waals surface area contributed by atoms with Gasteiger partial charge in [-0.1, -0.05) is 30.0 Å². The molecule has 0 atom stereocenters. The number of fused-ring (bicyclic) bond motifs is 1. The number of thioether (sulfide) groups is 1. The third kappa shape index (κ3) is 2.65. The van der Waals surface area contributed by atoms with Crippen molar-refractivity contribution in [3.63, 3.8) is 0 Å². The van der Waals surface area contributed by atoms with E-state index in [-0.39, 0.29) is 11.4 Å². The average molecular weight is 284 g/mol. The van der Waals surface area contributed by atoms with E-state index in [2.05, 4.69) is 15.0 Å². The number of para-hydroxylation sites is 1. The zero-order valence-electron chi connectivity index (χ0n) is 10.5. The van der Waals surface area contributed by atoms with Crippen molar-refractivity contribution in [1.82, 2.24) is 15.0 Å². The summed E-state index contributed by atoms with van der Waals surface area (Å²) in [6, 6.07) is 11.2. The largest absolute Gasteiger partial charge is 0.383 e. The fourth-order valence-corrected chi connectivity index (χ4v) is 2.84. The number of nitrogens with two attached hydrogens (primary N) is 1. The standard InChI is InChI=1S/C14H12N4OS/c15-12-7-13(19)18-14(17-12)20-8-9-5-6-16-11-4-2-1-3-10(9)11/h1-7H,8H2,(H3,15,17,18,19). The number of pyridine rings is 1. The maximum Gasteiger partial charge on any atom is 0.253 e. The summed E-state index contributed by atoms with van der Waals surface area (Å²) < 4.78 is 0. The average Bonchev–Trinajstić information content (AvgIpc) is 2.44. The number of hydrogen-bond acceptors (Lipinski definition) is 5. The second-order valence-corrected chi connectivity index (χ2v) is 5.22. The Morgan fingerprint density at radius 2 is 2.10 bits per heavy atom. The Kier molecular flexibility index (Phi) is 3.39. The van der Waals surface area contributed by atoms with Crippen molar-refractivity contribution in [3.8, 4) is 0 Å². The first-order chi connectivity index (χ1) is 9.72. The monoisotopic (exact) mass is 284 g/mol. The number of nitrogen functional groups attached to an aromatic ring is 1. The van der Waals surface area contributed by atoms with Crippen LogP contribution in [0.2, 0.25) is 0 Å². The molecule has 0 aliphatic carbocycles. The van der Waals surface area contributed by atoms with Crippen molar-refractivity contribution < 1.29 is 0 Å². The predicted molar refractivity (Wildman–Crippen MR) is 80.6 cm³/mol. The molecule has 2 aromatic heterocycles. The number of nitrogens with zero attached hydrogens (tertiary/aromatic N) is 2. The van der Waals surface area contributed by atoms with E-state index in [1.807, 2.05) is 30.3 Å². The number of aromatic amines is 1. The highest BCUT2D eigenvalue weighted by Crippen LogP contribution is 2.24. The van der Waals surface area contributed by atoms with Gasteiger partial charge in [0.2, 0.25) is 0 Å². The number of benzene rings is 1. The van der Waals surface area contributed by atoms with Crippen molar-refractivity contribution in [1.29, 1.82) is 0 Å². The maximum absolute atomic E-state index is 11.3. The highest BCUT2D eigenvalue weighted by atomic mass is 32.2. The Hall–Kier alpha value is -2.34. The predicted octanol–water partition coefficient (Wildman–Crippen LogP) is 2.19. The van der Waals surface area contributed by atoms with E-state index in [0.29, 0.717) is 10.9 Å². The van der Waals surface area contributed by atoms with Crippen LogP contribution in [-0.4, -0.2) is 15.0 Å². The van der Waals surface area contributed by atoms with Crippen molar-refractivity contribution >= 4 is 28.5 Å². The summed E-state index contributed by atoms with van der Waals surface area (Å²) >= 11 is 1.44. The van der Waals surface area contributed by atoms with Gasteiger partial charge < -0.3 is 10.7 Å². The van der Waals surface area contributed by atoms with Crippen LogP contribution >= 0.6 is 11.8 Å². The van der Waals surface area contributed by atoms with Gasteiger partial charge in [0.25, 0.3) is 5.56 Å². The first-order valence-corrected chi connectivity index (χ1v) is 7.03. The van der Waals surface area contributed by atoms with E-state index in [1.54, 1.807) is 6.20 Å². The van der Waals surface area contributed by atoms with Gasteiger partial charge in [0.15, 0.2) is 5.16 Å². The normalized spacial score (nSPS) is 10.8. The van der Waals surface area contributed by atoms with Gasteiger partial charge in [-0.15, -0.1) is 0 Å². The third-order valence-corrected chi connectivity index (χ3v) is 3.77. The van der Waals surface area contributed by atoms with E-state index >= 15 is 0 Å². The second-order valence-electron chi connectivity index (χ2n) is 4.25. The molecule has 2 heterocycles. The van der Waals surface area contributed by atoms with Crippen molar-refractivity contribution in [2.45, 2.75) is 10.9 Å². The van der Waals surface area contributed by atoms with Crippen LogP contribution in [0.3, 0.4) is 0 Å². The lowest BCUT2D eigenvalue weighted by Gasteiger charge is -2.05. The van der Waals surface area contributed by atoms with Gasteiger partial charge >= 0.3 is 0 Å². The summed E-state index contributed by atoms with van der Waals surface area (Å²) in [5, 5.41) is 1.63. The van der Waals surface area contributed by atoms with Crippen LogP contribution < -0.4 is 11.3 Å². The molecular weight excluding hydrogens is 272 g/mol. The number of hydrogen-bond donors (Lipinski definition) is 2. The molecule has 3 aromatic rings. The van der Waals surface area contributed by atoms with Gasteiger partial charge in [-0.3, -0.25) is 9.78 Å². The molecule has 0 saturated carbocycles. The van der Waals surface area contributed by atoms with Crippen LogP contribution in [0.1, 0.15) is 5.56 Å². The van der Waals surface area contributed by atoms with Gasteiger partial charge in [0.1, 0.15) is 5.82 Å². The lowest BCUT2D eigenvalue weighted by molar-refractivity contribution is 0.945. The van der Waals surface area contributed by atoms with Crippen LogP contribution in [0.25, 0.3) is 10.9 Å². The molecule has 0 aliphatic rings. The van der Waals surface area contributed by atoms with Crippen LogP contribution in [-0.2, 0) is 5.75 Å². The molecule has 0 bridgehead atoms. The highest BCUT2D eigenvalue weighted by molar-refractivity contribution is 7.98. The first-order valence-electron chi connectivity index (χ1n) is 6.04. The lowest BCUT2D eigenvalue weighted by Crippen LogP contribution is -2.09. The summed E-state index contributed by atoms with van der Waals surface area (Å²) in [5.74, 6) is 0.922. The molecule has 5 nitrogen and oxygen atoms in total. The Balaban J connectivity index is 1.88. The SMILES string of the molecule is Nc1cc(=O)[nH]c(SCc2ccnc3ccccc23)n1. The Morgan fingerprint density at radius 1 is 1.25 bits per heavy atom. The molecule has 0 aliphatic heterocycles. The quantitative estimate of drug-likeness (QED) is 0.569. The molecule has 0 unspecified atom stereocenters. The minimum Gasteiger partial charge on any atom is -0.383 e. The van der Waals surface area contributed by atoms with Gasteiger partial charge in [-0.25, -0.2) is 4.98 Å². The number of H-pyrrole nitrogens is 1. The molecule has 100 valence electrons. The molecule has 3 rings (SSSR count). The molecule has 0 saturated heterocycles. The van der Waals surface area contributed by atoms with E-state index in [0.717, 1.165) is 16.5 Å². The zero-order chi connectivity index (χ0) is 13.9. The summed E-state index contributed by atoms with van der Waals surface area (Å²) in [7, 11) is 0. The van der Waals surface area contributed by atoms with Gasteiger partial charge in [-0.2, -0.15) is 0 Å². The van der Waals surface area contributed by atoms with Gasteiger partial charge in [0, 0.05) is 23.4 Å². The zero-order valence-corrected chi connectivity index (χ0v) is 11.4. The van der Waals surface area contributed by atoms with Crippen LogP contribution in [0.5, 0.6) is 0 Å². The van der Waals surface area contributed by atoms with Gasteiger partial charge in [0.05, 0.1) is 5.52 Å². The second kappa shape index (κ2) is 5.34. The van der Waals surface area contributed by atoms with Crippen molar-refractivity contribution in [2.24, 2.45) is 0 Å². The van der Waals surface area contributed by atoms with E-state index in [9.17, 15) is 4.79 Å². The third-order valence-electron chi connectivity index (χ3n) is 2.84. The summed E-state index contributed by atoms with van der Waals surface area (Å²) in [4.78, 5) is 22.4. The van der Waals surface area contributed by atoms with Crippen LogP contribution in [0.15, 0.2) is 52.5 Å². The fraction of sp³-hybridized carbons (Fsp3) is 0.0714.